The van der Waals surface area contributed by atoms with Gasteiger partial charge in [-0.3, -0.25) is 10.1 Å². The van der Waals surface area contributed by atoms with E-state index in [2.05, 4.69) is 0 Å². The summed E-state index contributed by atoms with van der Waals surface area (Å²) in [4.78, 5) is 11.2. The van der Waals surface area contributed by atoms with Crippen molar-refractivity contribution in [1.29, 1.82) is 0 Å². The minimum Gasteiger partial charge on any atom is -0.507 e. The predicted molar refractivity (Wildman–Crippen MR) is 157 cm³/mol. The first-order valence-electron chi connectivity index (χ1n) is 14.3. The lowest BCUT2D eigenvalue weighted by atomic mass is 10.1. The molecule has 0 spiro atoms. The maximum Gasteiger partial charge on any atom is 0.270 e. The number of benzene rings is 3. The minimum atomic E-state index is -0.502. The van der Waals surface area contributed by atoms with Crippen molar-refractivity contribution >= 4 is 5.69 Å². The molecule has 0 fully saturated rings. The predicted octanol–water partition coefficient (Wildman–Crippen LogP) is 4.91. The quantitative estimate of drug-likeness (QED) is 0.328. The molecular weight excluding hydrogens is 558 g/mol. The molecule has 2 atom stereocenters. The van der Waals surface area contributed by atoms with E-state index in [-0.39, 0.29) is 49.0 Å². The molecule has 1 N–H and O–H groups in total. The summed E-state index contributed by atoms with van der Waals surface area (Å²) in [6.07, 6.45) is -0.801. The number of phenolic OH excluding ortho intramolecular Hbond substituents is 1. The van der Waals surface area contributed by atoms with Crippen LogP contribution in [0.1, 0.15) is 34.5 Å². The number of nitrogens with zero attached hydrogens (tertiary/aromatic N) is 1. The molecule has 1 aliphatic heterocycles. The van der Waals surface area contributed by atoms with Crippen molar-refractivity contribution in [3.8, 4) is 5.75 Å². The second-order valence-corrected chi connectivity index (χ2v) is 9.78. The maximum atomic E-state index is 11.7. The van der Waals surface area contributed by atoms with Gasteiger partial charge >= 0.3 is 0 Å². The lowest BCUT2D eigenvalue weighted by Gasteiger charge is -2.20. The summed E-state index contributed by atoms with van der Waals surface area (Å²) in [7, 11) is 0. The first-order valence-corrected chi connectivity index (χ1v) is 14.3. The molecule has 0 radical (unpaired) electrons. The molecule has 1 unspecified atom stereocenters. The van der Waals surface area contributed by atoms with Crippen molar-refractivity contribution in [2.75, 3.05) is 66.1 Å². The van der Waals surface area contributed by atoms with Gasteiger partial charge in [-0.15, -0.1) is 0 Å². The van der Waals surface area contributed by atoms with Crippen LogP contribution in [0.4, 0.5) is 5.69 Å². The normalized spacial score (nSPS) is 20.9. The summed E-state index contributed by atoms with van der Waals surface area (Å²) in [6, 6.07) is 21.8. The zero-order valence-electron chi connectivity index (χ0n) is 24.1. The van der Waals surface area contributed by atoms with Crippen LogP contribution in [0.15, 0.2) is 72.8 Å². The van der Waals surface area contributed by atoms with Crippen molar-refractivity contribution < 1.29 is 43.2 Å². The maximum absolute atomic E-state index is 11.7. The van der Waals surface area contributed by atoms with Gasteiger partial charge in [0.05, 0.1) is 84.2 Å². The van der Waals surface area contributed by atoms with Gasteiger partial charge in [0.25, 0.3) is 5.69 Å². The van der Waals surface area contributed by atoms with Gasteiger partial charge in [0.1, 0.15) is 18.0 Å². The molecule has 43 heavy (non-hydrogen) atoms. The SMILES string of the molecule is O=[N+]([O-])c1cc2c(O)c(c1)COC[C@H](c1ccccc1)OCCOCCOCCOCCOC(c1ccccc1)COC2. The van der Waals surface area contributed by atoms with Crippen LogP contribution in [0, 0.1) is 10.1 Å². The number of ether oxygens (including phenoxy) is 7. The molecule has 3 aromatic rings. The summed E-state index contributed by atoms with van der Waals surface area (Å²) < 4.78 is 40.8. The van der Waals surface area contributed by atoms with E-state index in [1.165, 1.54) is 12.1 Å². The molecule has 232 valence electrons. The summed E-state index contributed by atoms with van der Waals surface area (Å²) in [5, 5.41) is 22.7. The molecule has 0 saturated carbocycles. The summed E-state index contributed by atoms with van der Waals surface area (Å²) in [5.74, 6) is -0.113. The number of non-ortho nitro benzene ring substituents is 1. The van der Waals surface area contributed by atoms with Gasteiger partial charge in [0.2, 0.25) is 0 Å². The summed E-state index contributed by atoms with van der Waals surface area (Å²) in [6.45, 7) is 3.34. The molecule has 3 aromatic carbocycles. The van der Waals surface area contributed by atoms with Gasteiger partial charge in [0, 0.05) is 23.3 Å². The van der Waals surface area contributed by atoms with E-state index in [1.54, 1.807) is 0 Å². The van der Waals surface area contributed by atoms with Gasteiger partial charge in [-0.25, -0.2) is 0 Å². The van der Waals surface area contributed by atoms with Gasteiger partial charge in [0.15, 0.2) is 0 Å². The third-order valence-corrected chi connectivity index (χ3v) is 6.70. The minimum absolute atomic E-state index is 0.0587. The van der Waals surface area contributed by atoms with Crippen LogP contribution in [-0.2, 0) is 46.4 Å². The number of nitro benzene ring substituents is 1. The van der Waals surface area contributed by atoms with E-state index < -0.39 is 17.1 Å². The molecule has 0 aromatic heterocycles. The Kier molecular flexibility index (Phi) is 13.8. The topological polar surface area (TPSA) is 128 Å². The van der Waals surface area contributed by atoms with Crippen molar-refractivity contribution in [1.82, 2.24) is 0 Å². The molecular formula is C32H39NO10. The highest BCUT2D eigenvalue weighted by Gasteiger charge is 2.19. The molecule has 11 heteroatoms. The molecule has 2 bridgehead atoms. The second-order valence-electron chi connectivity index (χ2n) is 9.78. The average Bonchev–Trinajstić information content (AvgIpc) is 3.03. The average molecular weight is 598 g/mol. The first kappa shape index (κ1) is 32.5. The zero-order valence-corrected chi connectivity index (χ0v) is 24.1. The van der Waals surface area contributed by atoms with Crippen LogP contribution in [0.3, 0.4) is 0 Å². The number of hydrogen-bond donors (Lipinski definition) is 1. The highest BCUT2D eigenvalue weighted by molar-refractivity contribution is 5.49. The third kappa shape index (κ3) is 11.0. The van der Waals surface area contributed by atoms with E-state index in [9.17, 15) is 15.2 Å². The van der Waals surface area contributed by atoms with Gasteiger partial charge in [-0.05, 0) is 11.1 Å². The molecule has 0 amide bonds. The molecule has 1 aliphatic rings. The van der Waals surface area contributed by atoms with Crippen molar-refractivity contribution in [2.24, 2.45) is 0 Å². The van der Waals surface area contributed by atoms with Crippen LogP contribution < -0.4 is 0 Å². The monoisotopic (exact) mass is 597 g/mol. The van der Waals surface area contributed by atoms with E-state index in [4.69, 9.17) is 33.2 Å². The molecule has 11 nitrogen and oxygen atoms in total. The largest absolute Gasteiger partial charge is 0.507 e. The van der Waals surface area contributed by atoms with E-state index in [1.807, 2.05) is 60.7 Å². The Morgan fingerprint density at radius 2 is 1.00 bits per heavy atom. The number of nitro groups is 1. The lowest BCUT2D eigenvalue weighted by molar-refractivity contribution is -0.385. The van der Waals surface area contributed by atoms with Crippen molar-refractivity contribution in [2.45, 2.75) is 25.4 Å². The standard InChI is InChI=1S/C32H39NO10/c34-32-27-19-29(33(35)36)20-28(32)22-41-24-31(26-9-5-2-6-10-26)43-18-16-39-14-12-37-11-13-38-15-17-42-30(23-40-21-27)25-7-3-1-4-8-25/h1-10,19-20,30-31,34H,11-18,21-24H2/t30-,31?/m1/s1. The van der Waals surface area contributed by atoms with Crippen LogP contribution in [0.5, 0.6) is 5.75 Å². The summed E-state index contributed by atoms with van der Waals surface area (Å²) >= 11 is 0. The molecule has 4 rings (SSSR count). The Morgan fingerprint density at radius 1 is 0.605 bits per heavy atom. The van der Waals surface area contributed by atoms with Crippen molar-refractivity contribution in [3.63, 3.8) is 0 Å². The highest BCUT2D eigenvalue weighted by Crippen LogP contribution is 2.31. The smallest absolute Gasteiger partial charge is 0.270 e. The van der Waals surface area contributed by atoms with Crippen LogP contribution in [0.25, 0.3) is 0 Å². The fourth-order valence-corrected chi connectivity index (χ4v) is 4.48. The molecule has 0 aliphatic carbocycles. The number of rotatable bonds is 3. The molecule has 0 saturated heterocycles. The first-order chi connectivity index (χ1) is 21.1. The second kappa shape index (κ2) is 18.3. The van der Waals surface area contributed by atoms with E-state index in [0.717, 1.165) is 11.1 Å². The van der Waals surface area contributed by atoms with Gasteiger partial charge in [-0.1, -0.05) is 60.7 Å². The van der Waals surface area contributed by atoms with Crippen LogP contribution in [-0.4, -0.2) is 76.1 Å². The number of fused-ring (bicyclic) bond motifs is 2. The van der Waals surface area contributed by atoms with Crippen LogP contribution >= 0.6 is 0 Å². The highest BCUT2D eigenvalue weighted by atomic mass is 16.6. The Labute approximate surface area is 251 Å². The van der Waals surface area contributed by atoms with E-state index >= 15 is 0 Å². The van der Waals surface area contributed by atoms with Gasteiger partial charge < -0.3 is 38.3 Å². The fourth-order valence-electron chi connectivity index (χ4n) is 4.48. The number of hydrogen-bond acceptors (Lipinski definition) is 10. The summed E-state index contributed by atoms with van der Waals surface area (Å²) in [5.41, 5.74) is 2.23. The Balaban J connectivity index is 1.48. The number of phenols is 1. The zero-order chi connectivity index (χ0) is 30.1. The van der Waals surface area contributed by atoms with E-state index in [0.29, 0.717) is 52.9 Å². The number of aromatic hydroxyl groups is 1. The lowest BCUT2D eigenvalue weighted by Crippen LogP contribution is -2.18. The Bertz CT molecular complexity index is 1140. The third-order valence-electron chi connectivity index (χ3n) is 6.70. The van der Waals surface area contributed by atoms with Crippen molar-refractivity contribution in [3.05, 3.63) is 105 Å². The molecule has 1 heterocycles. The fraction of sp³-hybridized carbons (Fsp3) is 0.438. The van der Waals surface area contributed by atoms with Crippen LogP contribution in [0.2, 0.25) is 0 Å². The van der Waals surface area contributed by atoms with Gasteiger partial charge in [-0.2, -0.15) is 0 Å². The Morgan fingerprint density at radius 3 is 1.40 bits per heavy atom. The Hall–Kier alpha value is -3.42.